The van der Waals surface area contributed by atoms with Crippen LogP contribution in [0.5, 0.6) is 17.2 Å². The first-order valence-electron chi connectivity index (χ1n) is 10.0. The molecule has 1 amide bonds. The zero-order valence-electron chi connectivity index (χ0n) is 16.4. The molecule has 0 aromatic heterocycles. The van der Waals surface area contributed by atoms with E-state index in [4.69, 9.17) is 9.47 Å². The van der Waals surface area contributed by atoms with Crippen LogP contribution in [0.2, 0.25) is 0 Å². The molecule has 0 aliphatic carbocycles. The van der Waals surface area contributed by atoms with E-state index in [0.717, 1.165) is 40.0 Å². The first-order valence-corrected chi connectivity index (χ1v) is 10.0. The highest BCUT2D eigenvalue weighted by Crippen LogP contribution is 2.33. The summed E-state index contributed by atoms with van der Waals surface area (Å²) in [6, 6.07) is 29.3. The molecule has 4 aromatic carbocycles. The first-order chi connectivity index (χ1) is 14.7. The quantitative estimate of drug-likeness (QED) is 0.494. The summed E-state index contributed by atoms with van der Waals surface area (Å²) in [5.74, 6) is 2.34. The molecule has 0 radical (unpaired) electrons. The van der Waals surface area contributed by atoms with Crippen LogP contribution in [0, 0.1) is 0 Å². The molecule has 148 valence electrons. The van der Waals surface area contributed by atoms with E-state index in [1.54, 1.807) is 0 Å². The van der Waals surface area contributed by atoms with Crippen LogP contribution in [-0.4, -0.2) is 18.6 Å². The van der Waals surface area contributed by atoms with Crippen molar-refractivity contribution in [2.75, 3.05) is 6.54 Å². The molecule has 1 aliphatic heterocycles. The number of carbonyl (C=O) groups is 1. The lowest BCUT2D eigenvalue weighted by atomic mass is 10.1. The lowest BCUT2D eigenvalue weighted by Crippen LogP contribution is -2.34. The molecule has 1 aliphatic rings. The second-order valence-corrected chi connectivity index (χ2v) is 7.40. The minimum absolute atomic E-state index is 0.0867. The molecule has 1 atom stereocenters. The van der Waals surface area contributed by atoms with Gasteiger partial charge in [0.2, 0.25) is 0 Å². The third-order valence-electron chi connectivity index (χ3n) is 5.25. The largest absolute Gasteiger partial charge is 0.488 e. The summed E-state index contributed by atoms with van der Waals surface area (Å²) in [5, 5.41) is 5.18. The van der Waals surface area contributed by atoms with E-state index in [9.17, 15) is 4.79 Å². The second kappa shape index (κ2) is 7.91. The number of hydrogen-bond acceptors (Lipinski definition) is 3. The Labute approximate surface area is 175 Å². The van der Waals surface area contributed by atoms with Gasteiger partial charge in [0.05, 0.1) is 6.54 Å². The van der Waals surface area contributed by atoms with Gasteiger partial charge in [0, 0.05) is 17.5 Å². The average molecular weight is 395 g/mol. The Morgan fingerprint density at radius 3 is 2.53 bits per heavy atom. The lowest BCUT2D eigenvalue weighted by molar-refractivity contribution is 0.0933. The van der Waals surface area contributed by atoms with Crippen molar-refractivity contribution in [1.82, 2.24) is 5.32 Å². The number of amides is 1. The number of para-hydroxylation sites is 1. The van der Waals surface area contributed by atoms with Gasteiger partial charge in [0.1, 0.15) is 23.4 Å². The monoisotopic (exact) mass is 395 g/mol. The molecule has 1 heterocycles. The van der Waals surface area contributed by atoms with Crippen molar-refractivity contribution in [3.05, 3.63) is 102 Å². The molecule has 30 heavy (non-hydrogen) atoms. The molecule has 0 fully saturated rings. The SMILES string of the molecule is O=C(NC[C@H]1Cc2cc(Oc3ccccc3)ccc2O1)c1ccc2ccccc2c1. The number of benzene rings is 4. The second-order valence-electron chi connectivity index (χ2n) is 7.40. The normalized spacial score (nSPS) is 14.7. The molecule has 0 bridgehead atoms. The Balaban J connectivity index is 1.21. The molecule has 0 unspecified atom stereocenters. The van der Waals surface area contributed by atoms with Gasteiger partial charge in [0.15, 0.2) is 0 Å². The van der Waals surface area contributed by atoms with E-state index in [1.807, 2.05) is 91.0 Å². The summed E-state index contributed by atoms with van der Waals surface area (Å²) in [7, 11) is 0. The van der Waals surface area contributed by atoms with E-state index in [0.29, 0.717) is 12.1 Å². The van der Waals surface area contributed by atoms with Gasteiger partial charge in [-0.3, -0.25) is 4.79 Å². The Kier molecular flexibility index (Phi) is 4.81. The molecule has 0 spiro atoms. The molecule has 5 rings (SSSR count). The Morgan fingerprint density at radius 2 is 1.67 bits per heavy atom. The van der Waals surface area contributed by atoms with Gasteiger partial charge in [0.25, 0.3) is 5.91 Å². The summed E-state index contributed by atoms with van der Waals surface area (Å²) < 4.78 is 11.9. The highest BCUT2D eigenvalue weighted by molar-refractivity contribution is 5.98. The van der Waals surface area contributed by atoms with Crippen molar-refractivity contribution < 1.29 is 14.3 Å². The van der Waals surface area contributed by atoms with Crippen molar-refractivity contribution in [3.8, 4) is 17.2 Å². The summed E-state index contributed by atoms with van der Waals surface area (Å²) in [6.45, 7) is 0.454. The molecule has 0 saturated carbocycles. The zero-order valence-corrected chi connectivity index (χ0v) is 16.4. The maximum Gasteiger partial charge on any atom is 0.251 e. The summed E-state index contributed by atoms with van der Waals surface area (Å²) in [6.07, 6.45) is 0.649. The summed E-state index contributed by atoms with van der Waals surface area (Å²) >= 11 is 0. The lowest BCUT2D eigenvalue weighted by Gasteiger charge is -2.12. The number of rotatable bonds is 5. The molecular formula is C26H21NO3. The minimum Gasteiger partial charge on any atom is -0.488 e. The average Bonchev–Trinajstić information content (AvgIpc) is 3.20. The van der Waals surface area contributed by atoms with Crippen molar-refractivity contribution in [1.29, 1.82) is 0 Å². The number of hydrogen-bond donors (Lipinski definition) is 1. The number of nitrogens with one attached hydrogen (secondary N) is 1. The fraction of sp³-hybridized carbons (Fsp3) is 0.115. The van der Waals surface area contributed by atoms with E-state index in [-0.39, 0.29) is 12.0 Å². The van der Waals surface area contributed by atoms with Crippen molar-refractivity contribution >= 4 is 16.7 Å². The van der Waals surface area contributed by atoms with E-state index in [2.05, 4.69) is 5.32 Å². The van der Waals surface area contributed by atoms with Gasteiger partial charge >= 0.3 is 0 Å². The van der Waals surface area contributed by atoms with Gasteiger partial charge in [-0.05, 0) is 53.2 Å². The van der Waals surface area contributed by atoms with Crippen LogP contribution in [-0.2, 0) is 6.42 Å². The van der Waals surface area contributed by atoms with Crippen molar-refractivity contribution in [2.45, 2.75) is 12.5 Å². The van der Waals surface area contributed by atoms with E-state index in [1.165, 1.54) is 0 Å². The third kappa shape index (κ3) is 3.85. The minimum atomic E-state index is -0.0894. The fourth-order valence-corrected chi connectivity index (χ4v) is 3.74. The Hall–Kier alpha value is -3.79. The topological polar surface area (TPSA) is 47.6 Å². The predicted molar refractivity (Wildman–Crippen MR) is 117 cm³/mol. The first kappa shape index (κ1) is 18.3. The van der Waals surface area contributed by atoms with Crippen LogP contribution in [0.3, 0.4) is 0 Å². The van der Waals surface area contributed by atoms with Crippen LogP contribution in [0.15, 0.2) is 91.0 Å². The summed E-state index contributed by atoms with van der Waals surface area (Å²) in [4.78, 5) is 12.6. The van der Waals surface area contributed by atoms with E-state index >= 15 is 0 Å². The molecule has 1 N–H and O–H groups in total. The van der Waals surface area contributed by atoms with Gasteiger partial charge in [-0.1, -0.05) is 48.5 Å². The van der Waals surface area contributed by atoms with Crippen molar-refractivity contribution in [3.63, 3.8) is 0 Å². The van der Waals surface area contributed by atoms with Crippen LogP contribution in [0.4, 0.5) is 0 Å². The maximum absolute atomic E-state index is 12.6. The molecule has 0 saturated heterocycles. The standard InChI is InChI=1S/C26H21NO3/c28-26(20-11-10-18-6-4-5-7-19(18)14-20)27-17-24-16-21-15-23(12-13-25(21)30-24)29-22-8-2-1-3-9-22/h1-15,24H,16-17H2,(H,27,28)/t24-/m1/s1. The smallest absolute Gasteiger partial charge is 0.251 e. The van der Waals surface area contributed by atoms with Gasteiger partial charge in [-0.25, -0.2) is 0 Å². The van der Waals surface area contributed by atoms with Gasteiger partial charge < -0.3 is 14.8 Å². The summed E-state index contributed by atoms with van der Waals surface area (Å²) in [5.41, 5.74) is 1.75. The highest BCUT2D eigenvalue weighted by atomic mass is 16.5. The van der Waals surface area contributed by atoms with Crippen molar-refractivity contribution in [2.24, 2.45) is 0 Å². The zero-order chi connectivity index (χ0) is 20.3. The number of carbonyl (C=O) groups excluding carboxylic acids is 1. The Morgan fingerprint density at radius 1 is 0.867 bits per heavy atom. The molecule has 4 aromatic rings. The predicted octanol–water partition coefficient (Wildman–Crippen LogP) is 5.37. The fourth-order valence-electron chi connectivity index (χ4n) is 3.74. The van der Waals surface area contributed by atoms with Crippen LogP contribution >= 0.6 is 0 Å². The van der Waals surface area contributed by atoms with Crippen LogP contribution in [0.25, 0.3) is 10.8 Å². The molecular weight excluding hydrogens is 374 g/mol. The number of ether oxygens (including phenoxy) is 2. The van der Waals surface area contributed by atoms with Gasteiger partial charge in [-0.15, -0.1) is 0 Å². The maximum atomic E-state index is 12.6. The van der Waals surface area contributed by atoms with E-state index < -0.39 is 0 Å². The Bertz CT molecular complexity index is 1200. The van der Waals surface area contributed by atoms with Gasteiger partial charge in [-0.2, -0.15) is 0 Å². The van der Waals surface area contributed by atoms with Crippen LogP contribution < -0.4 is 14.8 Å². The van der Waals surface area contributed by atoms with Crippen LogP contribution in [0.1, 0.15) is 15.9 Å². The number of fused-ring (bicyclic) bond motifs is 2. The molecule has 4 nitrogen and oxygen atoms in total. The highest BCUT2D eigenvalue weighted by Gasteiger charge is 2.24. The molecule has 4 heteroatoms. The third-order valence-corrected chi connectivity index (χ3v) is 5.25.